The zero-order valence-corrected chi connectivity index (χ0v) is 10.1. The third-order valence-electron chi connectivity index (χ3n) is 3.83. The maximum absolute atomic E-state index is 8.96. The van der Waals surface area contributed by atoms with Crippen LogP contribution >= 0.6 is 0 Å². The fourth-order valence-electron chi connectivity index (χ4n) is 2.69. The summed E-state index contributed by atoms with van der Waals surface area (Å²) >= 11 is 0. The molecule has 0 bridgehead atoms. The van der Waals surface area contributed by atoms with Crippen molar-refractivity contribution in [2.24, 2.45) is 5.92 Å². The first kappa shape index (κ1) is 11.2. The number of aromatic nitrogens is 3. The first-order valence-corrected chi connectivity index (χ1v) is 6.59. The smallest absolute Gasteiger partial charge is 0.108 e. The molecule has 2 heterocycles. The Morgan fingerprint density at radius 2 is 2.18 bits per heavy atom. The third kappa shape index (κ3) is 2.66. The molecule has 3 rings (SSSR count). The summed E-state index contributed by atoms with van der Waals surface area (Å²) < 4.78 is 1.88. The van der Waals surface area contributed by atoms with Crippen LogP contribution in [-0.2, 0) is 13.2 Å². The molecule has 17 heavy (non-hydrogen) atoms. The van der Waals surface area contributed by atoms with Crippen LogP contribution in [0.15, 0.2) is 6.20 Å². The number of hydrogen-bond donors (Lipinski definition) is 1. The fourth-order valence-corrected chi connectivity index (χ4v) is 2.69. The quantitative estimate of drug-likeness (QED) is 0.815. The van der Waals surface area contributed by atoms with Crippen molar-refractivity contribution in [3.8, 4) is 0 Å². The molecule has 0 aromatic carbocycles. The lowest BCUT2D eigenvalue weighted by molar-refractivity contribution is 0.217. The van der Waals surface area contributed by atoms with Crippen molar-refractivity contribution in [2.45, 2.75) is 44.9 Å². The molecule has 1 aliphatic carbocycles. The zero-order valence-electron chi connectivity index (χ0n) is 10.1. The van der Waals surface area contributed by atoms with E-state index in [0.29, 0.717) is 11.7 Å². The molecule has 0 spiro atoms. The molecular weight excluding hydrogens is 216 g/mol. The molecule has 1 N–H and O–H groups in total. The van der Waals surface area contributed by atoms with Gasteiger partial charge in [0.1, 0.15) is 5.69 Å². The highest BCUT2D eigenvalue weighted by molar-refractivity contribution is 4.91. The van der Waals surface area contributed by atoms with Crippen molar-refractivity contribution in [1.29, 1.82) is 0 Å². The van der Waals surface area contributed by atoms with Gasteiger partial charge in [0.05, 0.1) is 19.3 Å². The van der Waals surface area contributed by atoms with E-state index in [1.165, 1.54) is 38.8 Å². The van der Waals surface area contributed by atoms with Crippen molar-refractivity contribution in [3.63, 3.8) is 0 Å². The predicted molar refractivity (Wildman–Crippen MR) is 63.3 cm³/mol. The fraction of sp³-hybridized carbons (Fsp3) is 0.833. The van der Waals surface area contributed by atoms with Crippen LogP contribution in [0.5, 0.6) is 0 Å². The Labute approximate surface area is 101 Å². The molecule has 2 aliphatic rings. The van der Waals surface area contributed by atoms with Crippen LogP contribution in [0.25, 0.3) is 0 Å². The maximum Gasteiger partial charge on any atom is 0.108 e. The molecule has 94 valence electrons. The molecule has 0 unspecified atom stereocenters. The van der Waals surface area contributed by atoms with Gasteiger partial charge in [-0.1, -0.05) is 5.21 Å². The molecule has 0 amide bonds. The van der Waals surface area contributed by atoms with Crippen molar-refractivity contribution < 1.29 is 5.11 Å². The normalized spacial score (nSPS) is 25.6. The van der Waals surface area contributed by atoms with Crippen LogP contribution in [0.4, 0.5) is 0 Å². The second-order valence-electron chi connectivity index (χ2n) is 5.32. The van der Waals surface area contributed by atoms with Crippen molar-refractivity contribution in [1.82, 2.24) is 19.9 Å². The molecule has 5 nitrogen and oxygen atoms in total. The van der Waals surface area contributed by atoms with E-state index >= 15 is 0 Å². The molecule has 2 fully saturated rings. The lowest BCUT2D eigenvalue weighted by atomic mass is 10.2. The average Bonchev–Trinajstić information content (AvgIpc) is 2.87. The Balaban J connectivity index is 1.58. The highest BCUT2D eigenvalue weighted by Crippen LogP contribution is 2.32. The van der Waals surface area contributed by atoms with E-state index in [4.69, 9.17) is 5.11 Å². The molecule has 0 radical (unpaired) electrons. The lowest BCUT2D eigenvalue weighted by Gasteiger charge is -2.23. The van der Waals surface area contributed by atoms with Crippen molar-refractivity contribution >= 4 is 0 Å². The Bertz CT molecular complexity index is 374. The number of likely N-dealkylation sites (tertiary alicyclic amines) is 1. The topological polar surface area (TPSA) is 54.2 Å². The second-order valence-corrected chi connectivity index (χ2v) is 5.32. The highest BCUT2D eigenvalue weighted by atomic mass is 16.3. The summed E-state index contributed by atoms with van der Waals surface area (Å²) in [5.74, 6) is 0.958. The van der Waals surface area contributed by atoms with Crippen LogP contribution in [0.3, 0.4) is 0 Å². The number of rotatable bonds is 5. The summed E-state index contributed by atoms with van der Waals surface area (Å²) in [6.07, 6.45) is 7.26. The van der Waals surface area contributed by atoms with Crippen LogP contribution in [0.2, 0.25) is 0 Å². The van der Waals surface area contributed by atoms with Crippen LogP contribution < -0.4 is 0 Å². The lowest BCUT2D eigenvalue weighted by Crippen LogP contribution is -2.34. The van der Waals surface area contributed by atoms with Crippen LogP contribution in [0.1, 0.15) is 31.4 Å². The van der Waals surface area contributed by atoms with Gasteiger partial charge in [-0.15, -0.1) is 5.10 Å². The van der Waals surface area contributed by atoms with Gasteiger partial charge in [-0.2, -0.15) is 0 Å². The highest BCUT2D eigenvalue weighted by Gasteiger charge is 2.31. The average molecular weight is 236 g/mol. The van der Waals surface area contributed by atoms with E-state index < -0.39 is 0 Å². The Morgan fingerprint density at radius 3 is 2.88 bits per heavy atom. The standard InChI is InChI=1S/C12H20N4O/c17-9-11-7-16(14-13-11)8-12-2-1-5-15(12)6-10-3-4-10/h7,10,12,17H,1-6,8-9H2/t12-/m0/s1. The molecule has 1 atom stereocenters. The minimum absolute atomic E-state index is 0.0174. The molecule has 1 saturated heterocycles. The summed E-state index contributed by atoms with van der Waals surface area (Å²) in [5.41, 5.74) is 0.664. The number of nitrogens with zero attached hydrogens (tertiary/aromatic N) is 4. The van der Waals surface area contributed by atoms with Gasteiger partial charge in [0.15, 0.2) is 0 Å². The molecule has 5 heteroatoms. The summed E-state index contributed by atoms with van der Waals surface area (Å²) in [4.78, 5) is 2.61. The van der Waals surface area contributed by atoms with Gasteiger partial charge >= 0.3 is 0 Å². The number of aliphatic hydroxyl groups excluding tert-OH is 1. The maximum atomic E-state index is 8.96. The second kappa shape index (κ2) is 4.74. The predicted octanol–water partition coefficient (Wildman–Crippen LogP) is 0.645. The van der Waals surface area contributed by atoms with Gasteiger partial charge in [0.2, 0.25) is 0 Å². The molecule has 1 aliphatic heterocycles. The van der Waals surface area contributed by atoms with E-state index in [-0.39, 0.29) is 6.61 Å². The Hall–Kier alpha value is -0.940. The summed E-state index contributed by atoms with van der Waals surface area (Å²) in [6.45, 7) is 3.41. The van der Waals surface area contributed by atoms with E-state index in [1.807, 2.05) is 10.9 Å². The van der Waals surface area contributed by atoms with Crippen LogP contribution in [0, 0.1) is 5.92 Å². The summed E-state index contributed by atoms with van der Waals surface area (Å²) in [6, 6.07) is 0.615. The van der Waals surface area contributed by atoms with E-state index in [0.717, 1.165) is 12.5 Å². The first-order valence-electron chi connectivity index (χ1n) is 6.59. The van der Waals surface area contributed by atoms with Gasteiger partial charge in [-0.25, -0.2) is 0 Å². The van der Waals surface area contributed by atoms with E-state index in [9.17, 15) is 0 Å². The minimum Gasteiger partial charge on any atom is -0.390 e. The number of hydrogen-bond acceptors (Lipinski definition) is 4. The van der Waals surface area contributed by atoms with Gasteiger partial charge < -0.3 is 5.11 Å². The van der Waals surface area contributed by atoms with Gasteiger partial charge in [-0.3, -0.25) is 9.58 Å². The molecule has 1 saturated carbocycles. The molecular formula is C12H20N4O. The van der Waals surface area contributed by atoms with Crippen LogP contribution in [-0.4, -0.2) is 44.1 Å². The SMILES string of the molecule is OCc1cn(C[C@@H]2CCCN2CC2CC2)nn1. The number of aliphatic hydroxyl groups is 1. The van der Waals surface area contributed by atoms with Crippen molar-refractivity contribution in [2.75, 3.05) is 13.1 Å². The third-order valence-corrected chi connectivity index (χ3v) is 3.83. The van der Waals surface area contributed by atoms with E-state index in [2.05, 4.69) is 15.2 Å². The monoisotopic (exact) mass is 236 g/mol. The summed E-state index contributed by atoms with van der Waals surface area (Å²) in [5, 5.41) is 16.9. The molecule has 1 aromatic heterocycles. The van der Waals surface area contributed by atoms with Gasteiger partial charge in [-0.05, 0) is 38.1 Å². The van der Waals surface area contributed by atoms with Gasteiger partial charge in [0.25, 0.3) is 0 Å². The largest absolute Gasteiger partial charge is 0.390 e. The Morgan fingerprint density at radius 1 is 1.29 bits per heavy atom. The zero-order chi connectivity index (χ0) is 11.7. The summed E-state index contributed by atoms with van der Waals surface area (Å²) in [7, 11) is 0. The van der Waals surface area contributed by atoms with E-state index in [1.54, 1.807) is 0 Å². The van der Waals surface area contributed by atoms with Gasteiger partial charge in [0, 0.05) is 12.6 Å². The Kier molecular flexibility index (Phi) is 3.11. The molecule has 1 aromatic rings. The minimum atomic E-state index is -0.0174. The first-order chi connectivity index (χ1) is 8.35. The van der Waals surface area contributed by atoms with Crippen molar-refractivity contribution in [3.05, 3.63) is 11.9 Å².